The van der Waals surface area contributed by atoms with Gasteiger partial charge in [-0.2, -0.15) is 0 Å². The fourth-order valence-electron chi connectivity index (χ4n) is 2.04. The van der Waals surface area contributed by atoms with Crippen LogP contribution < -0.4 is 5.32 Å². The molecule has 22 heavy (non-hydrogen) atoms. The van der Waals surface area contributed by atoms with Crippen molar-refractivity contribution in [2.45, 2.75) is 44.2 Å². The number of aliphatic hydroxyl groups excluding tert-OH is 1. The minimum atomic E-state index is -3.43. The number of rotatable bonds is 8. The Balaban J connectivity index is 2.81. The van der Waals surface area contributed by atoms with E-state index in [1.165, 1.54) is 18.4 Å². The first-order chi connectivity index (χ1) is 10.2. The van der Waals surface area contributed by atoms with E-state index in [0.29, 0.717) is 6.54 Å². The molecule has 3 unspecified atom stereocenters. The number of benzene rings is 1. The van der Waals surface area contributed by atoms with Gasteiger partial charge in [-0.3, -0.25) is 0 Å². The first-order valence-corrected chi connectivity index (χ1v) is 9.08. The van der Waals surface area contributed by atoms with Crippen LogP contribution in [0.15, 0.2) is 29.2 Å². The average Bonchev–Trinajstić information content (AvgIpc) is 2.51. The highest BCUT2D eigenvalue weighted by atomic mass is 32.2. The Morgan fingerprint density at radius 2 is 1.91 bits per heavy atom. The summed E-state index contributed by atoms with van der Waals surface area (Å²) >= 11 is 0. The quantitative estimate of drug-likeness (QED) is 0.766. The van der Waals surface area contributed by atoms with Crippen LogP contribution in [0.3, 0.4) is 0 Å². The standard InChI is InChI=1S/C16H28N2O3S/c1-6-12(2)16(19)11-17-13(3)14-8-7-9-15(10-14)22(20,21)18(4)5/h7-10,12-13,16-17,19H,6,11H2,1-5H3. The highest BCUT2D eigenvalue weighted by Gasteiger charge is 2.19. The third-order valence-corrected chi connectivity index (χ3v) is 5.88. The summed E-state index contributed by atoms with van der Waals surface area (Å²) in [6.45, 7) is 6.51. The molecule has 0 aliphatic carbocycles. The van der Waals surface area contributed by atoms with Crippen molar-refractivity contribution >= 4 is 10.0 Å². The van der Waals surface area contributed by atoms with Crippen molar-refractivity contribution in [3.8, 4) is 0 Å². The molecule has 0 radical (unpaired) electrons. The van der Waals surface area contributed by atoms with E-state index in [4.69, 9.17) is 0 Å². The van der Waals surface area contributed by atoms with E-state index in [0.717, 1.165) is 12.0 Å². The molecular weight excluding hydrogens is 300 g/mol. The molecule has 1 aromatic carbocycles. The van der Waals surface area contributed by atoms with Gasteiger partial charge in [0.15, 0.2) is 0 Å². The van der Waals surface area contributed by atoms with Crippen LogP contribution in [0.2, 0.25) is 0 Å². The van der Waals surface area contributed by atoms with Gasteiger partial charge in [0.25, 0.3) is 0 Å². The topological polar surface area (TPSA) is 69.6 Å². The Hall–Kier alpha value is -0.950. The predicted octanol–water partition coefficient (Wildman–Crippen LogP) is 1.99. The summed E-state index contributed by atoms with van der Waals surface area (Å²) in [6.07, 6.45) is 0.523. The van der Waals surface area contributed by atoms with Crippen LogP contribution in [0.5, 0.6) is 0 Å². The summed E-state index contributed by atoms with van der Waals surface area (Å²) in [7, 11) is -0.385. The van der Waals surface area contributed by atoms with Crippen molar-refractivity contribution in [3.63, 3.8) is 0 Å². The second-order valence-corrected chi connectivity index (χ2v) is 8.09. The van der Waals surface area contributed by atoms with Gasteiger partial charge in [-0.15, -0.1) is 0 Å². The molecule has 0 heterocycles. The molecule has 1 rings (SSSR count). The monoisotopic (exact) mass is 328 g/mol. The van der Waals surface area contributed by atoms with Crippen LogP contribution in [-0.2, 0) is 10.0 Å². The number of hydrogen-bond acceptors (Lipinski definition) is 4. The van der Waals surface area contributed by atoms with Gasteiger partial charge in [-0.1, -0.05) is 32.4 Å². The fourth-order valence-corrected chi connectivity index (χ4v) is 3.00. The SMILES string of the molecule is CCC(C)C(O)CNC(C)c1cccc(S(=O)(=O)N(C)C)c1. The molecule has 0 amide bonds. The Bertz CT molecular complexity index is 573. The van der Waals surface area contributed by atoms with E-state index in [1.54, 1.807) is 18.2 Å². The molecule has 0 aliphatic heterocycles. The third-order valence-electron chi connectivity index (χ3n) is 4.07. The number of sulfonamides is 1. The average molecular weight is 328 g/mol. The molecule has 0 fully saturated rings. The van der Waals surface area contributed by atoms with E-state index in [2.05, 4.69) is 5.32 Å². The summed E-state index contributed by atoms with van der Waals surface area (Å²) < 4.78 is 25.5. The number of nitrogens with one attached hydrogen (secondary N) is 1. The van der Waals surface area contributed by atoms with Crippen molar-refractivity contribution in [2.75, 3.05) is 20.6 Å². The van der Waals surface area contributed by atoms with Crippen molar-refractivity contribution in [2.24, 2.45) is 5.92 Å². The number of nitrogens with zero attached hydrogens (tertiary/aromatic N) is 1. The smallest absolute Gasteiger partial charge is 0.242 e. The largest absolute Gasteiger partial charge is 0.392 e. The first kappa shape index (κ1) is 19.1. The Labute approximate surface area is 134 Å². The maximum atomic E-state index is 12.2. The van der Waals surface area contributed by atoms with E-state index < -0.39 is 16.1 Å². The minimum Gasteiger partial charge on any atom is -0.392 e. The van der Waals surface area contributed by atoms with Crippen molar-refractivity contribution in [1.82, 2.24) is 9.62 Å². The zero-order valence-corrected chi connectivity index (χ0v) is 14.9. The molecule has 5 nitrogen and oxygen atoms in total. The Morgan fingerprint density at radius 3 is 2.45 bits per heavy atom. The lowest BCUT2D eigenvalue weighted by Gasteiger charge is -2.21. The van der Waals surface area contributed by atoms with Crippen LogP contribution in [0.1, 0.15) is 38.8 Å². The molecule has 2 N–H and O–H groups in total. The van der Waals surface area contributed by atoms with Crippen LogP contribution in [0, 0.1) is 5.92 Å². The van der Waals surface area contributed by atoms with E-state index in [1.807, 2.05) is 26.8 Å². The van der Waals surface area contributed by atoms with Gasteiger partial charge in [0.2, 0.25) is 10.0 Å². The zero-order chi connectivity index (χ0) is 16.9. The zero-order valence-electron chi connectivity index (χ0n) is 14.1. The fraction of sp³-hybridized carbons (Fsp3) is 0.625. The summed E-state index contributed by atoms with van der Waals surface area (Å²) in [4.78, 5) is 0.283. The van der Waals surface area contributed by atoms with Gasteiger partial charge in [0, 0.05) is 26.7 Å². The molecular formula is C16H28N2O3S. The number of aliphatic hydroxyl groups is 1. The normalized spacial score (nSPS) is 16.5. The van der Waals surface area contributed by atoms with E-state index in [-0.39, 0.29) is 16.9 Å². The molecule has 0 saturated carbocycles. The van der Waals surface area contributed by atoms with Gasteiger partial charge in [-0.05, 0) is 30.5 Å². The molecule has 6 heteroatoms. The number of hydrogen-bond donors (Lipinski definition) is 2. The lowest BCUT2D eigenvalue weighted by molar-refractivity contribution is 0.110. The Kier molecular flexibility index (Phi) is 6.99. The highest BCUT2D eigenvalue weighted by molar-refractivity contribution is 7.89. The second-order valence-electron chi connectivity index (χ2n) is 5.94. The summed E-state index contributed by atoms with van der Waals surface area (Å²) in [5.41, 5.74) is 0.888. The van der Waals surface area contributed by atoms with Gasteiger partial charge in [0.1, 0.15) is 0 Å². The van der Waals surface area contributed by atoms with Crippen molar-refractivity contribution in [1.29, 1.82) is 0 Å². The van der Waals surface area contributed by atoms with Gasteiger partial charge in [-0.25, -0.2) is 12.7 Å². The Morgan fingerprint density at radius 1 is 1.27 bits per heavy atom. The molecule has 0 bridgehead atoms. The summed E-state index contributed by atoms with van der Waals surface area (Å²) in [6, 6.07) is 6.88. The molecule has 126 valence electrons. The minimum absolute atomic E-state index is 0.0315. The second kappa shape index (κ2) is 8.06. The molecule has 0 aliphatic rings. The molecule has 0 saturated heterocycles. The maximum Gasteiger partial charge on any atom is 0.242 e. The van der Waals surface area contributed by atoms with Gasteiger partial charge in [0.05, 0.1) is 11.0 Å². The van der Waals surface area contributed by atoms with E-state index in [9.17, 15) is 13.5 Å². The van der Waals surface area contributed by atoms with Gasteiger partial charge < -0.3 is 10.4 Å². The highest BCUT2D eigenvalue weighted by Crippen LogP contribution is 2.19. The van der Waals surface area contributed by atoms with Crippen molar-refractivity contribution < 1.29 is 13.5 Å². The van der Waals surface area contributed by atoms with Crippen LogP contribution >= 0.6 is 0 Å². The third kappa shape index (κ3) is 4.78. The van der Waals surface area contributed by atoms with E-state index >= 15 is 0 Å². The van der Waals surface area contributed by atoms with Crippen LogP contribution in [0.4, 0.5) is 0 Å². The van der Waals surface area contributed by atoms with Crippen molar-refractivity contribution in [3.05, 3.63) is 29.8 Å². The predicted molar refractivity (Wildman–Crippen MR) is 89.2 cm³/mol. The molecule has 3 atom stereocenters. The molecule has 0 aromatic heterocycles. The summed E-state index contributed by atoms with van der Waals surface area (Å²) in [5.74, 6) is 0.236. The first-order valence-electron chi connectivity index (χ1n) is 7.64. The van der Waals surface area contributed by atoms with Gasteiger partial charge >= 0.3 is 0 Å². The lowest BCUT2D eigenvalue weighted by Crippen LogP contribution is -2.33. The maximum absolute atomic E-state index is 12.2. The lowest BCUT2D eigenvalue weighted by atomic mass is 10.0. The van der Waals surface area contributed by atoms with Crippen LogP contribution in [-0.4, -0.2) is 44.6 Å². The summed E-state index contributed by atoms with van der Waals surface area (Å²) in [5, 5.41) is 13.3. The molecule has 0 spiro atoms. The molecule has 1 aromatic rings. The van der Waals surface area contributed by atoms with Crippen LogP contribution in [0.25, 0.3) is 0 Å².